The van der Waals surface area contributed by atoms with Crippen molar-refractivity contribution in [1.29, 1.82) is 0 Å². The van der Waals surface area contributed by atoms with Crippen LogP contribution in [-0.2, 0) is 0 Å². The fourth-order valence-electron chi connectivity index (χ4n) is 2.16. The smallest absolute Gasteiger partial charge is 0.268 e. The van der Waals surface area contributed by atoms with Crippen LogP contribution in [0.2, 0.25) is 0 Å². The number of nitrogen functional groups attached to an aromatic ring is 1. The van der Waals surface area contributed by atoms with Gasteiger partial charge in [-0.1, -0.05) is 18.3 Å². The Morgan fingerprint density at radius 2 is 2.44 bits per heavy atom. The molecule has 0 bridgehead atoms. The lowest BCUT2D eigenvalue weighted by Gasteiger charge is -2.20. The van der Waals surface area contributed by atoms with Gasteiger partial charge in [0.2, 0.25) is 0 Å². The molecule has 3 N–H and O–H groups in total. The Hall–Kier alpha value is -1.30. The van der Waals surface area contributed by atoms with Gasteiger partial charge < -0.3 is 16.0 Å². The van der Waals surface area contributed by atoms with Gasteiger partial charge in [0.1, 0.15) is 10.7 Å². The van der Waals surface area contributed by atoms with Crippen LogP contribution >= 0.6 is 11.3 Å². The number of anilines is 2. The van der Waals surface area contributed by atoms with Crippen LogP contribution in [0.3, 0.4) is 0 Å². The molecule has 0 aliphatic carbocycles. The van der Waals surface area contributed by atoms with Crippen molar-refractivity contribution in [1.82, 2.24) is 9.88 Å². The first kappa shape index (κ1) is 13.1. The Bertz CT molecular complexity index is 432. The summed E-state index contributed by atoms with van der Waals surface area (Å²) in [6.45, 7) is 5.84. The summed E-state index contributed by atoms with van der Waals surface area (Å²) in [4.78, 5) is 19.0. The van der Waals surface area contributed by atoms with Gasteiger partial charge in [0, 0.05) is 19.1 Å². The van der Waals surface area contributed by atoms with Gasteiger partial charge >= 0.3 is 0 Å². The number of amides is 1. The molecule has 5 nitrogen and oxygen atoms in total. The number of hydrogen-bond donors (Lipinski definition) is 2. The second-order valence-corrected chi connectivity index (χ2v) is 5.65. The van der Waals surface area contributed by atoms with Crippen LogP contribution in [0.5, 0.6) is 0 Å². The molecule has 1 saturated heterocycles. The molecule has 100 valence electrons. The molecule has 1 aromatic rings. The van der Waals surface area contributed by atoms with Gasteiger partial charge in [-0.05, 0) is 26.2 Å². The van der Waals surface area contributed by atoms with Crippen LogP contribution < -0.4 is 11.1 Å². The summed E-state index contributed by atoms with van der Waals surface area (Å²) in [6.07, 6.45) is 3.17. The molecule has 0 aromatic carbocycles. The number of likely N-dealkylation sites (tertiary alicyclic amines) is 1. The lowest BCUT2D eigenvalue weighted by molar-refractivity contribution is 0.0753. The fourth-order valence-corrected chi connectivity index (χ4v) is 3.02. The van der Waals surface area contributed by atoms with Gasteiger partial charge in [-0.2, -0.15) is 0 Å². The molecule has 1 aliphatic rings. The zero-order valence-electron chi connectivity index (χ0n) is 10.9. The largest absolute Gasteiger partial charge is 0.382 e. The average molecular weight is 268 g/mol. The van der Waals surface area contributed by atoms with E-state index < -0.39 is 0 Å². The number of rotatable bonds is 4. The lowest BCUT2D eigenvalue weighted by Crippen LogP contribution is -2.33. The van der Waals surface area contributed by atoms with Crippen LogP contribution in [0.1, 0.15) is 42.8 Å². The molecule has 1 fully saturated rings. The number of carbonyl (C=O) groups excluding carboxylic acids is 1. The predicted molar refractivity (Wildman–Crippen MR) is 75.0 cm³/mol. The van der Waals surface area contributed by atoms with Crippen molar-refractivity contribution in [2.24, 2.45) is 0 Å². The second kappa shape index (κ2) is 5.56. The van der Waals surface area contributed by atoms with Gasteiger partial charge in [0.05, 0.1) is 0 Å². The summed E-state index contributed by atoms with van der Waals surface area (Å²) < 4.78 is 0. The van der Waals surface area contributed by atoms with E-state index in [1.807, 2.05) is 4.90 Å². The maximum atomic E-state index is 12.4. The van der Waals surface area contributed by atoms with Crippen molar-refractivity contribution < 1.29 is 4.79 Å². The van der Waals surface area contributed by atoms with Crippen LogP contribution in [0.25, 0.3) is 0 Å². The minimum absolute atomic E-state index is 0.0274. The topological polar surface area (TPSA) is 71.2 Å². The maximum absolute atomic E-state index is 12.4. The Morgan fingerprint density at radius 1 is 1.67 bits per heavy atom. The molecular weight excluding hydrogens is 248 g/mol. The van der Waals surface area contributed by atoms with Crippen LogP contribution in [-0.4, -0.2) is 34.9 Å². The predicted octanol–water partition coefficient (Wildman–Crippen LogP) is 2.17. The van der Waals surface area contributed by atoms with Gasteiger partial charge in [-0.15, -0.1) is 0 Å². The zero-order chi connectivity index (χ0) is 13.1. The molecule has 1 amide bonds. The van der Waals surface area contributed by atoms with Gasteiger partial charge in [-0.25, -0.2) is 4.98 Å². The van der Waals surface area contributed by atoms with E-state index >= 15 is 0 Å². The molecule has 0 spiro atoms. The third kappa shape index (κ3) is 2.58. The summed E-state index contributed by atoms with van der Waals surface area (Å²) in [5.74, 6) is 0.377. The molecule has 0 radical (unpaired) electrons. The molecule has 18 heavy (non-hydrogen) atoms. The minimum Gasteiger partial charge on any atom is -0.382 e. The normalized spacial score (nSPS) is 19.2. The van der Waals surface area contributed by atoms with Gasteiger partial charge in [-0.3, -0.25) is 4.79 Å². The summed E-state index contributed by atoms with van der Waals surface area (Å²) in [5.41, 5.74) is 5.84. The van der Waals surface area contributed by atoms with Crippen molar-refractivity contribution in [2.75, 3.05) is 24.1 Å². The lowest BCUT2D eigenvalue weighted by atomic mass is 10.2. The standard InChI is InChI=1S/C12H20N4OS/c1-3-6-14-12-15-10(13)9(18-12)11(17)16-7-4-5-8(16)2/h8H,3-7,13H2,1-2H3,(H,14,15). The Labute approximate surface area is 111 Å². The molecule has 1 aliphatic heterocycles. The molecule has 2 rings (SSSR count). The maximum Gasteiger partial charge on any atom is 0.268 e. The first-order chi connectivity index (χ1) is 8.63. The number of hydrogen-bond acceptors (Lipinski definition) is 5. The monoisotopic (exact) mass is 268 g/mol. The van der Waals surface area contributed by atoms with Crippen molar-refractivity contribution in [3.8, 4) is 0 Å². The molecule has 1 unspecified atom stereocenters. The third-order valence-electron chi connectivity index (χ3n) is 3.19. The van der Waals surface area contributed by atoms with E-state index in [-0.39, 0.29) is 5.91 Å². The fraction of sp³-hybridized carbons (Fsp3) is 0.667. The molecule has 6 heteroatoms. The molecule has 0 saturated carbocycles. The third-order valence-corrected chi connectivity index (χ3v) is 4.20. The van der Waals surface area contributed by atoms with E-state index in [1.54, 1.807) is 0 Å². The molecular formula is C12H20N4OS. The zero-order valence-corrected chi connectivity index (χ0v) is 11.7. The van der Waals surface area contributed by atoms with Crippen LogP contribution in [0.4, 0.5) is 10.9 Å². The summed E-state index contributed by atoms with van der Waals surface area (Å²) >= 11 is 1.36. The van der Waals surface area contributed by atoms with E-state index in [9.17, 15) is 4.79 Å². The quantitative estimate of drug-likeness (QED) is 0.878. The van der Waals surface area contributed by atoms with Crippen molar-refractivity contribution in [3.63, 3.8) is 0 Å². The molecule has 2 heterocycles. The van der Waals surface area contributed by atoms with Crippen molar-refractivity contribution in [2.45, 2.75) is 39.2 Å². The first-order valence-corrected chi connectivity index (χ1v) is 7.26. The number of nitrogens with one attached hydrogen (secondary N) is 1. The Morgan fingerprint density at radius 3 is 3.06 bits per heavy atom. The number of aromatic nitrogens is 1. The number of carbonyl (C=O) groups is 1. The van der Waals surface area contributed by atoms with Gasteiger partial charge in [0.15, 0.2) is 5.13 Å². The minimum atomic E-state index is 0.0274. The summed E-state index contributed by atoms with van der Waals surface area (Å²) in [7, 11) is 0. The molecule has 1 aromatic heterocycles. The average Bonchev–Trinajstić information content (AvgIpc) is 2.92. The number of nitrogens with zero attached hydrogens (tertiary/aromatic N) is 2. The van der Waals surface area contributed by atoms with E-state index in [2.05, 4.69) is 24.1 Å². The highest BCUT2D eigenvalue weighted by Gasteiger charge is 2.29. The number of thiazole rings is 1. The number of nitrogens with two attached hydrogens (primary N) is 1. The van der Waals surface area contributed by atoms with Gasteiger partial charge in [0.25, 0.3) is 5.91 Å². The Balaban J connectivity index is 2.12. The van der Waals surface area contributed by atoms with E-state index in [4.69, 9.17) is 5.73 Å². The highest BCUT2D eigenvalue weighted by molar-refractivity contribution is 7.18. The first-order valence-electron chi connectivity index (χ1n) is 6.44. The van der Waals surface area contributed by atoms with Crippen LogP contribution in [0, 0.1) is 0 Å². The van der Waals surface area contributed by atoms with Crippen LogP contribution in [0.15, 0.2) is 0 Å². The van der Waals surface area contributed by atoms with E-state index in [1.165, 1.54) is 11.3 Å². The highest BCUT2D eigenvalue weighted by atomic mass is 32.1. The van der Waals surface area contributed by atoms with Crippen molar-refractivity contribution in [3.05, 3.63) is 4.88 Å². The second-order valence-electron chi connectivity index (χ2n) is 4.65. The highest BCUT2D eigenvalue weighted by Crippen LogP contribution is 2.29. The van der Waals surface area contributed by atoms with E-state index in [0.717, 1.165) is 37.5 Å². The summed E-state index contributed by atoms with van der Waals surface area (Å²) in [5, 5.41) is 3.91. The Kier molecular flexibility index (Phi) is 4.06. The summed E-state index contributed by atoms with van der Waals surface area (Å²) in [6, 6.07) is 0.311. The van der Waals surface area contributed by atoms with E-state index in [0.29, 0.717) is 16.7 Å². The van der Waals surface area contributed by atoms with Crippen molar-refractivity contribution >= 4 is 28.2 Å². The SMILES string of the molecule is CCCNc1nc(N)c(C(=O)N2CCCC2C)s1. The molecule has 1 atom stereocenters.